The van der Waals surface area contributed by atoms with Crippen molar-refractivity contribution in [1.29, 1.82) is 5.26 Å². The van der Waals surface area contributed by atoms with E-state index in [-0.39, 0.29) is 11.4 Å². The van der Waals surface area contributed by atoms with E-state index in [0.29, 0.717) is 37.3 Å². The highest BCUT2D eigenvalue weighted by Crippen LogP contribution is 2.12. The zero-order chi connectivity index (χ0) is 15.7. The molecule has 1 amide bonds. The Morgan fingerprint density at radius 2 is 2.29 bits per heavy atom. The Bertz CT molecular complexity index is 562. The Labute approximate surface area is 124 Å². The minimum absolute atomic E-state index is 0.00239. The van der Waals surface area contributed by atoms with Gasteiger partial charge in [0, 0.05) is 19.8 Å². The molecule has 4 nitrogen and oxygen atoms in total. The number of carbonyl (C=O) groups is 1. The van der Waals surface area contributed by atoms with Gasteiger partial charge in [0.05, 0.1) is 0 Å². The van der Waals surface area contributed by atoms with Crippen molar-refractivity contribution in [3.05, 3.63) is 40.7 Å². The SMILES string of the molecule is CCOCCCNC(=O)/C(C#N)=C\c1ccc(F)c(C)c1. The maximum absolute atomic E-state index is 13.2. The van der Waals surface area contributed by atoms with Gasteiger partial charge in [-0.25, -0.2) is 4.39 Å². The van der Waals surface area contributed by atoms with E-state index < -0.39 is 5.91 Å². The first-order valence-electron chi connectivity index (χ1n) is 6.82. The number of benzene rings is 1. The van der Waals surface area contributed by atoms with Crippen molar-refractivity contribution in [2.75, 3.05) is 19.8 Å². The number of nitrogens with zero attached hydrogens (tertiary/aromatic N) is 1. The number of hydrogen-bond donors (Lipinski definition) is 1. The molecule has 1 N–H and O–H groups in total. The molecule has 0 atom stereocenters. The minimum Gasteiger partial charge on any atom is -0.382 e. The second kappa shape index (κ2) is 8.88. The Balaban J connectivity index is 2.64. The van der Waals surface area contributed by atoms with Crippen LogP contribution in [0.4, 0.5) is 4.39 Å². The van der Waals surface area contributed by atoms with E-state index in [2.05, 4.69) is 5.32 Å². The summed E-state index contributed by atoms with van der Waals surface area (Å²) in [7, 11) is 0. The van der Waals surface area contributed by atoms with Gasteiger partial charge in [0.2, 0.25) is 0 Å². The molecule has 0 spiro atoms. The second-order valence-electron chi connectivity index (χ2n) is 4.48. The number of hydrogen-bond acceptors (Lipinski definition) is 3. The van der Waals surface area contributed by atoms with Crippen LogP contribution in [0.5, 0.6) is 0 Å². The molecule has 0 unspecified atom stereocenters. The zero-order valence-corrected chi connectivity index (χ0v) is 12.3. The summed E-state index contributed by atoms with van der Waals surface area (Å²) < 4.78 is 18.3. The minimum atomic E-state index is -0.434. The molecule has 0 fully saturated rings. The molecule has 0 aliphatic heterocycles. The Morgan fingerprint density at radius 3 is 2.90 bits per heavy atom. The van der Waals surface area contributed by atoms with E-state index >= 15 is 0 Å². The van der Waals surface area contributed by atoms with E-state index in [1.54, 1.807) is 13.0 Å². The van der Waals surface area contributed by atoms with E-state index in [1.165, 1.54) is 18.2 Å². The van der Waals surface area contributed by atoms with Gasteiger partial charge < -0.3 is 10.1 Å². The predicted octanol–water partition coefficient (Wildman–Crippen LogP) is 2.58. The van der Waals surface area contributed by atoms with Crippen molar-refractivity contribution in [3.63, 3.8) is 0 Å². The standard InChI is InChI=1S/C16H19FN2O2/c1-3-21-8-4-7-19-16(20)14(11-18)10-13-5-6-15(17)12(2)9-13/h5-6,9-10H,3-4,7-8H2,1-2H3,(H,19,20)/b14-10-. The highest BCUT2D eigenvalue weighted by molar-refractivity contribution is 6.01. The molecule has 5 heteroatoms. The van der Waals surface area contributed by atoms with Gasteiger partial charge in [0.1, 0.15) is 17.5 Å². The summed E-state index contributed by atoms with van der Waals surface area (Å²) in [5.74, 6) is -0.748. The fourth-order valence-electron chi connectivity index (χ4n) is 1.69. The summed E-state index contributed by atoms with van der Waals surface area (Å²) in [5, 5.41) is 11.7. The average molecular weight is 290 g/mol. The lowest BCUT2D eigenvalue weighted by molar-refractivity contribution is -0.117. The predicted molar refractivity (Wildman–Crippen MR) is 78.8 cm³/mol. The molecule has 0 aromatic heterocycles. The van der Waals surface area contributed by atoms with Gasteiger partial charge >= 0.3 is 0 Å². The molecule has 0 saturated carbocycles. The molecule has 0 bridgehead atoms. The highest BCUT2D eigenvalue weighted by Gasteiger charge is 2.08. The number of rotatable bonds is 7. The van der Waals surface area contributed by atoms with Gasteiger partial charge in [-0.05, 0) is 49.6 Å². The van der Waals surface area contributed by atoms with Crippen molar-refractivity contribution in [1.82, 2.24) is 5.32 Å². The van der Waals surface area contributed by atoms with Crippen LogP contribution in [0.25, 0.3) is 6.08 Å². The van der Waals surface area contributed by atoms with Crippen LogP contribution in [0.1, 0.15) is 24.5 Å². The number of amides is 1. The first-order valence-corrected chi connectivity index (χ1v) is 6.82. The molecule has 0 saturated heterocycles. The maximum atomic E-state index is 13.2. The lowest BCUT2D eigenvalue weighted by Crippen LogP contribution is -2.26. The molecule has 21 heavy (non-hydrogen) atoms. The van der Waals surface area contributed by atoms with Crippen molar-refractivity contribution in [3.8, 4) is 6.07 Å². The first-order chi connectivity index (χ1) is 10.1. The van der Waals surface area contributed by atoms with Gasteiger partial charge in [-0.3, -0.25) is 4.79 Å². The second-order valence-corrected chi connectivity index (χ2v) is 4.48. The normalized spacial score (nSPS) is 11.0. The third kappa shape index (κ3) is 5.76. The summed E-state index contributed by atoms with van der Waals surface area (Å²) in [6, 6.07) is 6.30. The molecule has 0 heterocycles. The van der Waals surface area contributed by atoms with Crippen LogP contribution in [-0.4, -0.2) is 25.7 Å². The summed E-state index contributed by atoms with van der Waals surface area (Å²) in [6.45, 7) is 5.19. The third-order valence-electron chi connectivity index (χ3n) is 2.81. The quantitative estimate of drug-likeness (QED) is 0.477. The largest absolute Gasteiger partial charge is 0.382 e. The van der Waals surface area contributed by atoms with Gasteiger partial charge in [-0.15, -0.1) is 0 Å². The topological polar surface area (TPSA) is 62.1 Å². The fourth-order valence-corrected chi connectivity index (χ4v) is 1.69. The summed E-state index contributed by atoms with van der Waals surface area (Å²) in [6.07, 6.45) is 2.14. The van der Waals surface area contributed by atoms with Crippen LogP contribution in [0.3, 0.4) is 0 Å². The number of carbonyl (C=O) groups excluding carboxylic acids is 1. The smallest absolute Gasteiger partial charge is 0.261 e. The van der Waals surface area contributed by atoms with Gasteiger partial charge in [-0.1, -0.05) is 6.07 Å². The van der Waals surface area contributed by atoms with Crippen molar-refractivity contribution in [2.45, 2.75) is 20.3 Å². The molecule has 0 aliphatic rings. The first kappa shape index (κ1) is 16.9. The summed E-state index contributed by atoms with van der Waals surface area (Å²) >= 11 is 0. The molecule has 112 valence electrons. The lowest BCUT2D eigenvalue weighted by atomic mass is 10.1. The number of halogens is 1. The van der Waals surface area contributed by atoms with Crippen LogP contribution >= 0.6 is 0 Å². The van der Waals surface area contributed by atoms with E-state index in [9.17, 15) is 9.18 Å². The van der Waals surface area contributed by atoms with Crippen LogP contribution < -0.4 is 5.32 Å². The van der Waals surface area contributed by atoms with Gasteiger partial charge in [-0.2, -0.15) is 5.26 Å². The number of nitrogens with one attached hydrogen (secondary N) is 1. The molecule has 0 radical (unpaired) electrons. The zero-order valence-electron chi connectivity index (χ0n) is 12.3. The Hall–Kier alpha value is -2.19. The highest BCUT2D eigenvalue weighted by atomic mass is 19.1. The van der Waals surface area contributed by atoms with Crippen LogP contribution in [0.15, 0.2) is 23.8 Å². The van der Waals surface area contributed by atoms with Crippen LogP contribution in [0.2, 0.25) is 0 Å². The maximum Gasteiger partial charge on any atom is 0.261 e. The van der Waals surface area contributed by atoms with Gasteiger partial charge in [0.15, 0.2) is 0 Å². The fraction of sp³-hybridized carbons (Fsp3) is 0.375. The summed E-state index contributed by atoms with van der Waals surface area (Å²) in [5.41, 5.74) is 1.09. The van der Waals surface area contributed by atoms with Crippen molar-refractivity contribution in [2.24, 2.45) is 0 Å². The van der Waals surface area contributed by atoms with E-state index in [0.717, 1.165) is 0 Å². The summed E-state index contributed by atoms with van der Waals surface area (Å²) in [4.78, 5) is 11.8. The Morgan fingerprint density at radius 1 is 1.52 bits per heavy atom. The van der Waals surface area contributed by atoms with Gasteiger partial charge in [0.25, 0.3) is 5.91 Å². The van der Waals surface area contributed by atoms with Crippen molar-refractivity contribution >= 4 is 12.0 Å². The number of nitriles is 1. The lowest BCUT2D eigenvalue weighted by Gasteiger charge is -2.05. The van der Waals surface area contributed by atoms with Crippen LogP contribution in [-0.2, 0) is 9.53 Å². The molecular weight excluding hydrogens is 271 g/mol. The van der Waals surface area contributed by atoms with Crippen LogP contribution in [0, 0.1) is 24.1 Å². The molecule has 1 aromatic carbocycles. The van der Waals surface area contributed by atoms with Crippen molar-refractivity contribution < 1.29 is 13.9 Å². The molecule has 1 aromatic rings. The number of ether oxygens (including phenoxy) is 1. The monoisotopic (exact) mass is 290 g/mol. The third-order valence-corrected chi connectivity index (χ3v) is 2.81. The molecule has 0 aliphatic carbocycles. The Kier molecular flexibility index (Phi) is 7.13. The van der Waals surface area contributed by atoms with E-state index in [4.69, 9.17) is 10.00 Å². The number of aryl methyl sites for hydroxylation is 1. The molecule has 1 rings (SSSR count). The van der Waals surface area contributed by atoms with E-state index in [1.807, 2.05) is 13.0 Å². The molecular formula is C16H19FN2O2. The average Bonchev–Trinajstić information content (AvgIpc) is 2.48.